The van der Waals surface area contributed by atoms with E-state index in [1.165, 1.54) is 12.1 Å². The van der Waals surface area contributed by atoms with Crippen LogP contribution in [-0.2, 0) is 0 Å². The van der Waals surface area contributed by atoms with Crippen LogP contribution in [0.1, 0.15) is 53.7 Å². The molecule has 2 aromatic carbocycles. The molecule has 0 bridgehead atoms. The van der Waals surface area contributed by atoms with Crippen molar-refractivity contribution in [3.05, 3.63) is 65.5 Å². The number of hydrogen-bond acceptors (Lipinski definition) is 7. The molecule has 1 aliphatic rings. The van der Waals surface area contributed by atoms with Crippen LogP contribution < -0.4 is 10.1 Å². The summed E-state index contributed by atoms with van der Waals surface area (Å²) in [5.41, 5.74) is 3.09. The van der Waals surface area contributed by atoms with E-state index in [0.717, 1.165) is 18.5 Å². The first kappa shape index (κ1) is 23.6. The average Bonchev–Trinajstić information content (AvgIpc) is 3.33. The zero-order chi connectivity index (χ0) is 25.2. The maximum absolute atomic E-state index is 15.0. The van der Waals surface area contributed by atoms with E-state index in [1.807, 2.05) is 10.8 Å². The Kier molecular flexibility index (Phi) is 6.47. The van der Waals surface area contributed by atoms with Gasteiger partial charge in [0, 0.05) is 18.5 Å². The number of benzene rings is 2. The number of hydrogen-bond donors (Lipinski definition) is 3. The predicted octanol–water partition coefficient (Wildman–Crippen LogP) is 3.78. The van der Waals surface area contributed by atoms with Gasteiger partial charge in [0.15, 0.2) is 11.6 Å². The zero-order valence-corrected chi connectivity index (χ0v) is 19.9. The summed E-state index contributed by atoms with van der Waals surface area (Å²) in [5.74, 6) is -0.142. The molecule has 4 aromatic rings. The number of tetrazole rings is 1. The number of para-hydroxylation sites is 1. The molecule has 0 radical (unpaired) electrons. The van der Waals surface area contributed by atoms with Crippen molar-refractivity contribution >= 4 is 11.6 Å². The van der Waals surface area contributed by atoms with Crippen molar-refractivity contribution in [1.29, 1.82) is 0 Å². The van der Waals surface area contributed by atoms with Crippen LogP contribution in [0.3, 0.4) is 0 Å². The summed E-state index contributed by atoms with van der Waals surface area (Å²) >= 11 is 0. The quantitative estimate of drug-likeness (QED) is 0.325. The van der Waals surface area contributed by atoms with Gasteiger partial charge in [0.05, 0.1) is 47.2 Å². The van der Waals surface area contributed by atoms with Gasteiger partial charge in [-0.3, -0.25) is 4.79 Å². The third kappa shape index (κ3) is 4.96. The number of aromatic nitrogens is 6. The van der Waals surface area contributed by atoms with E-state index in [0.29, 0.717) is 46.4 Å². The number of aliphatic hydroxyl groups is 1. The SMILES string of the molecule is Cc1cc(F)c(C(=O)Nc2cccc(-c3nnn[nH]3)c2OCC[C@@H](C)O)cc1-n1cnc(C2CC2)c1. The minimum Gasteiger partial charge on any atom is -0.491 e. The summed E-state index contributed by atoms with van der Waals surface area (Å²) in [7, 11) is 0. The second-order valence-electron chi connectivity index (χ2n) is 8.97. The minimum atomic E-state index is -0.636. The van der Waals surface area contributed by atoms with E-state index in [9.17, 15) is 14.3 Å². The molecule has 0 spiro atoms. The summed E-state index contributed by atoms with van der Waals surface area (Å²) in [5, 5.41) is 26.2. The van der Waals surface area contributed by atoms with Gasteiger partial charge in [-0.25, -0.2) is 14.5 Å². The molecule has 2 aromatic heterocycles. The predicted molar refractivity (Wildman–Crippen MR) is 130 cm³/mol. The van der Waals surface area contributed by atoms with Gasteiger partial charge in [0.2, 0.25) is 0 Å². The smallest absolute Gasteiger partial charge is 0.258 e. The maximum atomic E-state index is 15.0. The van der Waals surface area contributed by atoms with Crippen LogP contribution in [0.25, 0.3) is 17.1 Å². The molecule has 5 rings (SSSR count). The molecule has 0 aliphatic heterocycles. The van der Waals surface area contributed by atoms with Gasteiger partial charge in [-0.05, 0) is 66.9 Å². The first-order valence-electron chi connectivity index (χ1n) is 11.7. The van der Waals surface area contributed by atoms with E-state index >= 15 is 0 Å². The molecule has 1 atom stereocenters. The Morgan fingerprint density at radius 1 is 1.36 bits per heavy atom. The molecule has 0 unspecified atom stereocenters. The number of halogens is 1. The lowest BCUT2D eigenvalue weighted by atomic mass is 10.1. The number of nitrogens with zero attached hydrogens (tertiary/aromatic N) is 5. The van der Waals surface area contributed by atoms with E-state index in [1.54, 1.807) is 38.4 Å². The number of imidazole rings is 1. The summed E-state index contributed by atoms with van der Waals surface area (Å²) in [6.45, 7) is 3.63. The summed E-state index contributed by atoms with van der Waals surface area (Å²) in [6, 6.07) is 7.95. The summed E-state index contributed by atoms with van der Waals surface area (Å²) in [6.07, 6.45) is 5.68. The Hall–Kier alpha value is -4.12. The van der Waals surface area contributed by atoms with Gasteiger partial charge in [0.25, 0.3) is 5.91 Å². The Morgan fingerprint density at radius 3 is 2.92 bits per heavy atom. The number of carbonyl (C=O) groups excluding carboxylic acids is 1. The molecule has 0 saturated heterocycles. The molecule has 10 nitrogen and oxygen atoms in total. The second kappa shape index (κ2) is 9.86. The number of aliphatic hydroxyl groups excluding tert-OH is 1. The largest absolute Gasteiger partial charge is 0.491 e. The highest BCUT2D eigenvalue weighted by Gasteiger charge is 2.26. The molecular formula is C25H26FN7O3. The topological polar surface area (TPSA) is 131 Å². The number of anilines is 1. The first-order valence-corrected chi connectivity index (χ1v) is 11.7. The van der Waals surface area contributed by atoms with Crippen LogP contribution in [0.2, 0.25) is 0 Å². The van der Waals surface area contributed by atoms with Crippen molar-refractivity contribution in [3.63, 3.8) is 0 Å². The Balaban J connectivity index is 1.46. The molecule has 186 valence electrons. The monoisotopic (exact) mass is 491 g/mol. The molecule has 3 N–H and O–H groups in total. The first-order chi connectivity index (χ1) is 17.4. The highest BCUT2D eigenvalue weighted by Crippen LogP contribution is 2.39. The fourth-order valence-electron chi connectivity index (χ4n) is 3.95. The van der Waals surface area contributed by atoms with Gasteiger partial charge in [-0.2, -0.15) is 0 Å². The number of amides is 1. The Bertz CT molecular complexity index is 1380. The van der Waals surface area contributed by atoms with Gasteiger partial charge in [-0.15, -0.1) is 5.10 Å². The fraction of sp³-hybridized carbons (Fsp3) is 0.320. The second-order valence-corrected chi connectivity index (χ2v) is 8.97. The molecule has 1 aliphatic carbocycles. The molecular weight excluding hydrogens is 465 g/mol. The van der Waals surface area contributed by atoms with Crippen LogP contribution in [0.5, 0.6) is 5.75 Å². The minimum absolute atomic E-state index is 0.112. The fourth-order valence-corrected chi connectivity index (χ4v) is 3.95. The van der Waals surface area contributed by atoms with Crippen LogP contribution in [0.4, 0.5) is 10.1 Å². The van der Waals surface area contributed by atoms with E-state index in [-0.39, 0.29) is 12.2 Å². The lowest BCUT2D eigenvalue weighted by molar-refractivity contribution is 0.102. The summed E-state index contributed by atoms with van der Waals surface area (Å²) in [4.78, 5) is 17.7. The van der Waals surface area contributed by atoms with Gasteiger partial charge in [-0.1, -0.05) is 6.07 Å². The lowest BCUT2D eigenvalue weighted by Gasteiger charge is -2.17. The van der Waals surface area contributed by atoms with Gasteiger partial charge in [0.1, 0.15) is 5.82 Å². The van der Waals surface area contributed by atoms with E-state index < -0.39 is 17.8 Å². The number of rotatable bonds is 9. The van der Waals surface area contributed by atoms with Crippen molar-refractivity contribution in [2.24, 2.45) is 0 Å². The number of nitrogens with one attached hydrogen (secondary N) is 2. The zero-order valence-electron chi connectivity index (χ0n) is 19.9. The van der Waals surface area contributed by atoms with Gasteiger partial charge < -0.3 is 19.7 Å². The van der Waals surface area contributed by atoms with Crippen LogP contribution >= 0.6 is 0 Å². The van der Waals surface area contributed by atoms with Crippen LogP contribution in [0, 0.1) is 12.7 Å². The lowest BCUT2D eigenvalue weighted by Crippen LogP contribution is -2.16. The molecule has 1 amide bonds. The highest BCUT2D eigenvalue weighted by atomic mass is 19.1. The Labute approximate surface area is 206 Å². The standard InChI is InChI=1S/C25H26FN7O3/c1-14-10-19(26)18(11-22(14)33-12-21(27-13-33)16-6-7-16)25(35)28-20-5-3-4-17(24-29-31-32-30-24)23(20)36-9-8-15(2)34/h3-5,10-13,15-16,34H,6-9H2,1-2H3,(H,28,35)(H,29,30,31,32)/t15-/m1/s1. The number of ether oxygens (including phenoxy) is 1. The number of aromatic amines is 1. The molecule has 11 heteroatoms. The van der Waals surface area contributed by atoms with E-state index in [2.05, 4.69) is 30.9 Å². The van der Waals surface area contributed by atoms with Crippen LogP contribution in [0.15, 0.2) is 42.9 Å². The van der Waals surface area contributed by atoms with Crippen LogP contribution in [-0.4, -0.2) is 53.9 Å². The van der Waals surface area contributed by atoms with Crippen molar-refractivity contribution in [2.45, 2.75) is 45.1 Å². The van der Waals surface area contributed by atoms with E-state index in [4.69, 9.17) is 4.74 Å². The molecule has 1 saturated carbocycles. The van der Waals surface area contributed by atoms with Gasteiger partial charge >= 0.3 is 0 Å². The summed E-state index contributed by atoms with van der Waals surface area (Å²) < 4.78 is 22.7. The third-order valence-electron chi connectivity index (χ3n) is 6.05. The molecule has 2 heterocycles. The highest BCUT2D eigenvalue weighted by molar-refractivity contribution is 6.06. The van der Waals surface area contributed by atoms with Crippen molar-refractivity contribution in [3.8, 4) is 22.8 Å². The number of carbonyl (C=O) groups is 1. The number of H-pyrrole nitrogens is 1. The van der Waals surface area contributed by atoms with Crippen molar-refractivity contribution < 1.29 is 19.0 Å². The van der Waals surface area contributed by atoms with Crippen molar-refractivity contribution in [1.82, 2.24) is 30.2 Å². The normalized spacial score (nSPS) is 14.0. The molecule has 1 fully saturated rings. The third-order valence-corrected chi connectivity index (χ3v) is 6.05. The van der Waals surface area contributed by atoms with Crippen molar-refractivity contribution in [2.75, 3.05) is 11.9 Å². The average molecular weight is 492 g/mol. The Morgan fingerprint density at radius 2 is 2.19 bits per heavy atom. The molecule has 36 heavy (non-hydrogen) atoms. The number of aryl methyl sites for hydroxylation is 1. The maximum Gasteiger partial charge on any atom is 0.258 e.